The summed E-state index contributed by atoms with van der Waals surface area (Å²) in [5.74, 6) is -2.61. The van der Waals surface area contributed by atoms with Crippen LogP contribution in [-0.4, -0.2) is 54.0 Å². The minimum absolute atomic E-state index is 0.222. The van der Waals surface area contributed by atoms with Gasteiger partial charge in [-0.05, 0) is 17.9 Å². The minimum atomic E-state index is -1.19. The second-order valence-electron chi connectivity index (χ2n) is 6.88. The number of hydrogen-bond acceptors (Lipinski definition) is 5. The molecule has 1 aromatic rings. The molecule has 0 heterocycles. The van der Waals surface area contributed by atoms with E-state index in [9.17, 15) is 19.2 Å². The van der Waals surface area contributed by atoms with E-state index in [0.29, 0.717) is 6.42 Å². The van der Waals surface area contributed by atoms with Crippen molar-refractivity contribution < 1.29 is 24.3 Å². The van der Waals surface area contributed by atoms with Crippen LogP contribution in [0.15, 0.2) is 30.3 Å². The maximum atomic E-state index is 12.5. The van der Waals surface area contributed by atoms with E-state index in [1.807, 2.05) is 44.2 Å². The highest BCUT2D eigenvalue weighted by Gasteiger charge is 2.24. The molecule has 9 heteroatoms. The smallest absolute Gasteiger partial charge is 0.322 e. The molecule has 3 amide bonds. The van der Waals surface area contributed by atoms with Gasteiger partial charge in [-0.25, -0.2) is 0 Å². The van der Waals surface area contributed by atoms with Crippen molar-refractivity contribution in [3.05, 3.63) is 35.9 Å². The number of carbonyl (C=O) groups is 4. The van der Waals surface area contributed by atoms with Gasteiger partial charge in [0.05, 0.1) is 12.6 Å². The molecule has 0 aliphatic carbocycles. The summed E-state index contributed by atoms with van der Waals surface area (Å²) in [6.45, 7) is 2.95. The van der Waals surface area contributed by atoms with Crippen LogP contribution in [-0.2, 0) is 25.6 Å². The van der Waals surface area contributed by atoms with Crippen molar-refractivity contribution in [2.24, 2.45) is 11.7 Å². The number of amides is 3. The van der Waals surface area contributed by atoms with E-state index < -0.39 is 48.9 Å². The molecule has 154 valence electrons. The lowest BCUT2D eigenvalue weighted by molar-refractivity contribution is -0.138. The Hall–Kier alpha value is -2.94. The summed E-state index contributed by atoms with van der Waals surface area (Å²) >= 11 is 0. The molecule has 0 bridgehead atoms. The highest BCUT2D eigenvalue weighted by molar-refractivity contribution is 5.92. The zero-order valence-corrected chi connectivity index (χ0v) is 16.1. The zero-order valence-electron chi connectivity index (χ0n) is 16.1. The summed E-state index contributed by atoms with van der Waals surface area (Å²) in [6, 6.07) is 7.44. The Morgan fingerprint density at radius 3 is 2.21 bits per heavy atom. The second-order valence-corrected chi connectivity index (χ2v) is 6.88. The van der Waals surface area contributed by atoms with Crippen molar-refractivity contribution >= 4 is 23.7 Å². The van der Waals surface area contributed by atoms with Gasteiger partial charge in [-0.15, -0.1) is 0 Å². The van der Waals surface area contributed by atoms with Crippen molar-refractivity contribution in [3.8, 4) is 0 Å². The largest absolute Gasteiger partial charge is 0.480 e. The average Bonchev–Trinajstić information content (AvgIpc) is 2.64. The molecule has 1 aromatic carbocycles. The van der Waals surface area contributed by atoms with Gasteiger partial charge < -0.3 is 26.8 Å². The normalized spacial score (nSPS) is 12.7. The fourth-order valence-corrected chi connectivity index (χ4v) is 2.48. The Balaban J connectivity index is 2.73. The molecule has 0 spiro atoms. The van der Waals surface area contributed by atoms with E-state index in [1.165, 1.54) is 0 Å². The number of hydrogen-bond donors (Lipinski definition) is 5. The summed E-state index contributed by atoms with van der Waals surface area (Å²) in [5.41, 5.74) is 6.72. The first kappa shape index (κ1) is 23.1. The van der Waals surface area contributed by atoms with Gasteiger partial charge in [0.15, 0.2) is 0 Å². The molecule has 0 aliphatic rings. The van der Waals surface area contributed by atoms with Crippen LogP contribution < -0.4 is 21.7 Å². The number of nitrogens with two attached hydrogens (primary N) is 1. The molecule has 28 heavy (non-hydrogen) atoms. The summed E-state index contributed by atoms with van der Waals surface area (Å²) < 4.78 is 0. The van der Waals surface area contributed by atoms with Crippen molar-refractivity contribution in [3.63, 3.8) is 0 Å². The lowest BCUT2D eigenvalue weighted by Crippen LogP contribution is -2.53. The van der Waals surface area contributed by atoms with Gasteiger partial charge in [0.1, 0.15) is 12.6 Å². The van der Waals surface area contributed by atoms with Crippen LogP contribution in [0.3, 0.4) is 0 Å². The SMILES string of the molecule is CC(C)CC(N)C(=O)NC(Cc1ccccc1)C(=O)NCC(=O)NCC(=O)O. The van der Waals surface area contributed by atoms with E-state index in [2.05, 4.69) is 16.0 Å². The summed E-state index contributed by atoms with van der Waals surface area (Å²) in [5, 5.41) is 15.7. The Labute approximate surface area is 164 Å². The standard InChI is InChI=1S/C19H28N4O5/c1-12(2)8-14(20)18(27)23-15(9-13-6-4-3-5-7-13)19(28)22-10-16(24)21-11-17(25)26/h3-7,12,14-15H,8-11,20H2,1-2H3,(H,21,24)(H,22,28)(H,23,27)(H,25,26). The van der Waals surface area contributed by atoms with Gasteiger partial charge in [-0.2, -0.15) is 0 Å². The third-order valence-corrected chi connectivity index (χ3v) is 3.84. The molecular weight excluding hydrogens is 364 g/mol. The molecule has 0 saturated heterocycles. The Kier molecular flexibility index (Phi) is 9.66. The van der Waals surface area contributed by atoms with Crippen molar-refractivity contribution in [2.75, 3.05) is 13.1 Å². The third-order valence-electron chi connectivity index (χ3n) is 3.84. The first-order chi connectivity index (χ1) is 13.2. The molecule has 2 unspecified atom stereocenters. The monoisotopic (exact) mass is 392 g/mol. The number of carboxylic acid groups (broad SMARTS) is 1. The first-order valence-corrected chi connectivity index (χ1v) is 9.05. The molecule has 6 N–H and O–H groups in total. The van der Waals surface area contributed by atoms with Crippen molar-refractivity contribution in [1.82, 2.24) is 16.0 Å². The van der Waals surface area contributed by atoms with E-state index in [4.69, 9.17) is 10.8 Å². The highest BCUT2D eigenvalue weighted by atomic mass is 16.4. The van der Waals surface area contributed by atoms with Crippen LogP contribution in [0.4, 0.5) is 0 Å². The fraction of sp³-hybridized carbons (Fsp3) is 0.474. The van der Waals surface area contributed by atoms with Crippen LogP contribution in [0.1, 0.15) is 25.8 Å². The van der Waals surface area contributed by atoms with Gasteiger partial charge in [0.25, 0.3) is 0 Å². The number of rotatable bonds is 11. The van der Waals surface area contributed by atoms with E-state index in [0.717, 1.165) is 5.56 Å². The van der Waals surface area contributed by atoms with Gasteiger partial charge in [-0.3, -0.25) is 19.2 Å². The molecule has 0 fully saturated rings. The van der Waals surface area contributed by atoms with E-state index in [-0.39, 0.29) is 12.3 Å². The van der Waals surface area contributed by atoms with Crippen LogP contribution >= 0.6 is 0 Å². The van der Waals surface area contributed by atoms with Crippen LogP contribution in [0.2, 0.25) is 0 Å². The number of carbonyl (C=O) groups excluding carboxylic acids is 3. The summed E-state index contributed by atoms with van der Waals surface area (Å²) in [7, 11) is 0. The molecule has 1 rings (SSSR count). The molecule has 0 saturated carbocycles. The molecule has 2 atom stereocenters. The molecule has 0 radical (unpaired) electrons. The van der Waals surface area contributed by atoms with E-state index in [1.54, 1.807) is 0 Å². The van der Waals surface area contributed by atoms with Crippen LogP contribution in [0.5, 0.6) is 0 Å². The summed E-state index contributed by atoms with van der Waals surface area (Å²) in [4.78, 5) is 46.9. The van der Waals surface area contributed by atoms with Crippen LogP contribution in [0, 0.1) is 5.92 Å². The Morgan fingerprint density at radius 1 is 1.00 bits per heavy atom. The highest BCUT2D eigenvalue weighted by Crippen LogP contribution is 2.06. The molecule has 0 aliphatic heterocycles. The lowest BCUT2D eigenvalue weighted by Gasteiger charge is -2.21. The Morgan fingerprint density at radius 2 is 1.64 bits per heavy atom. The molecule has 0 aromatic heterocycles. The quantitative estimate of drug-likeness (QED) is 0.339. The second kappa shape index (κ2) is 11.7. The topological polar surface area (TPSA) is 151 Å². The predicted molar refractivity (Wildman–Crippen MR) is 103 cm³/mol. The number of nitrogens with one attached hydrogen (secondary N) is 3. The third kappa shape index (κ3) is 9.13. The van der Waals surface area contributed by atoms with Crippen molar-refractivity contribution in [1.29, 1.82) is 0 Å². The molecular formula is C19H28N4O5. The average molecular weight is 392 g/mol. The van der Waals surface area contributed by atoms with Gasteiger partial charge in [0, 0.05) is 6.42 Å². The zero-order chi connectivity index (χ0) is 21.1. The van der Waals surface area contributed by atoms with Gasteiger partial charge in [0.2, 0.25) is 17.7 Å². The predicted octanol–water partition coefficient (Wildman–Crippen LogP) is -0.596. The lowest BCUT2D eigenvalue weighted by atomic mass is 10.0. The molecule has 9 nitrogen and oxygen atoms in total. The maximum Gasteiger partial charge on any atom is 0.322 e. The van der Waals surface area contributed by atoms with E-state index >= 15 is 0 Å². The van der Waals surface area contributed by atoms with Crippen molar-refractivity contribution in [2.45, 2.75) is 38.8 Å². The minimum Gasteiger partial charge on any atom is -0.480 e. The maximum absolute atomic E-state index is 12.5. The fourth-order valence-electron chi connectivity index (χ4n) is 2.48. The van der Waals surface area contributed by atoms with Gasteiger partial charge >= 0.3 is 5.97 Å². The summed E-state index contributed by atoms with van der Waals surface area (Å²) in [6.07, 6.45) is 0.701. The number of carboxylic acids is 1. The first-order valence-electron chi connectivity index (χ1n) is 9.05. The number of aliphatic carboxylic acids is 1. The number of benzene rings is 1. The van der Waals surface area contributed by atoms with Crippen LogP contribution in [0.25, 0.3) is 0 Å². The Bertz CT molecular complexity index is 678. The van der Waals surface area contributed by atoms with Gasteiger partial charge in [-0.1, -0.05) is 44.2 Å².